The quantitative estimate of drug-likeness (QED) is 0.365. The second-order valence-electron chi connectivity index (χ2n) is 7.30. The molecular weight excluding hydrogens is 463 g/mol. The van der Waals surface area contributed by atoms with Gasteiger partial charge in [-0.1, -0.05) is 0 Å². The molecule has 0 aliphatic carbocycles. The number of fused-ring (bicyclic) bond motifs is 3. The monoisotopic (exact) mass is 486 g/mol. The van der Waals surface area contributed by atoms with Gasteiger partial charge in [0.15, 0.2) is 0 Å². The number of hydrogen-bond donors (Lipinski definition) is 0. The predicted octanol–water partition coefficient (Wildman–Crippen LogP) is 3.06. The van der Waals surface area contributed by atoms with Crippen LogP contribution in [0.15, 0.2) is 97.1 Å². The van der Waals surface area contributed by atoms with Gasteiger partial charge in [0.05, 0.1) is 0 Å². The zero-order valence-electron chi connectivity index (χ0n) is 16.6. The van der Waals surface area contributed by atoms with E-state index in [9.17, 15) is 0 Å². The second-order valence-corrected chi connectivity index (χ2v) is 17.9. The van der Waals surface area contributed by atoms with Crippen LogP contribution >= 0.6 is 0 Å². The SMILES string of the molecule is COc1cc[c]([Sn]2([c]3ccc(OC)cc3)[c]3ccccc3-c3cccc[c]32)cc1. The molecule has 4 aromatic rings. The van der Waals surface area contributed by atoms with Gasteiger partial charge < -0.3 is 0 Å². The van der Waals surface area contributed by atoms with E-state index in [1.54, 1.807) is 14.2 Å². The third kappa shape index (κ3) is 2.70. The van der Waals surface area contributed by atoms with Crippen molar-refractivity contribution in [2.75, 3.05) is 14.2 Å². The van der Waals surface area contributed by atoms with Crippen LogP contribution in [-0.4, -0.2) is 32.6 Å². The number of hydrogen-bond acceptors (Lipinski definition) is 2. The van der Waals surface area contributed by atoms with Gasteiger partial charge in [0.2, 0.25) is 0 Å². The average molecular weight is 485 g/mol. The van der Waals surface area contributed by atoms with Crippen molar-refractivity contribution in [3.8, 4) is 22.6 Å². The third-order valence-electron chi connectivity index (χ3n) is 6.00. The maximum atomic E-state index is 5.45. The van der Waals surface area contributed by atoms with E-state index in [1.165, 1.54) is 25.4 Å². The molecule has 0 saturated heterocycles. The molecule has 29 heavy (non-hydrogen) atoms. The molecule has 1 aliphatic heterocycles. The zero-order chi connectivity index (χ0) is 19.8. The summed E-state index contributed by atoms with van der Waals surface area (Å²) >= 11 is -3.45. The summed E-state index contributed by atoms with van der Waals surface area (Å²) in [5.41, 5.74) is 2.76. The standard InChI is InChI=1S/C12H8.2C7H7O.Sn/c1-3-7-11(8-4-1)12-9-5-2-6-10-12;2*1-8-7-5-3-2-4-6-7;/h1-7,9H;2*3-6H,1H3;. The van der Waals surface area contributed by atoms with Crippen LogP contribution in [0.3, 0.4) is 0 Å². The second kappa shape index (κ2) is 7.27. The van der Waals surface area contributed by atoms with Crippen molar-refractivity contribution in [2.45, 2.75) is 0 Å². The third-order valence-corrected chi connectivity index (χ3v) is 19.9. The van der Waals surface area contributed by atoms with Crippen molar-refractivity contribution >= 4 is 32.7 Å². The minimum absolute atomic E-state index is 0.893. The molecular formula is C26H22O2Sn. The molecule has 1 aliphatic rings. The van der Waals surface area contributed by atoms with Crippen LogP contribution in [0.2, 0.25) is 0 Å². The van der Waals surface area contributed by atoms with Crippen molar-refractivity contribution < 1.29 is 9.47 Å². The molecule has 0 bridgehead atoms. The van der Waals surface area contributed by atoms with Gasteiger partial charge in [-0.25, -0.2) is 0 Å². The molecule has 142 valence electrons. The Morgan fingerprint density at radius 3 is 1.24 bits per heavy atom. The fourth-order valence-electron chi connectivity index (χ4n) is 4.71. The summed E-state index contributed by atoms with van der Waals surface area (Å²) in [7, 11) is 3.44. The van der Waals surface area contributed by atoms with E-state index >= 15 is 0 Å². The molecule has 0 spiro atoms. The molecule has 1 heterocycles. The van der Waals surface area contributed by atoms with Crippen molar-refractivity contribution in [2.24, 2.45) is 0 Å². The van der Waals surface area contributed by atoms with Gasteiger partial charge >= 0.3 is 176 Å². The summed E-state index contributed by atoms with van der Waals surface area (Å²) in [5.74, 6) is 1.79. The molecule has 0 atom stereocenters. The van der Waals surface area contributed by atoms with E-state index in [2.05, 4.69) is 97.1 Å². The molecule has 3 heteroatoms. The predicted molar refractivity (Wildman–Crippen MR) is 122 cm³/mol. The Labute approximate surface area is 175 Å². The molecule has 2 nitrogen and oxygen atoms in total. The molecule has 0 aromatic heterocycles. The first-order valence-corrected chi connectivity index (χ1v) is 15.5. The van der Waals surface area contributed by atoms with Gasteiger partial charge in [0, 0.05) is 0 Å². The Hall–Kier alpha value is -2.72. The first-order chi connectivity index (χ1) is 14.3. The van der Waals surface area contributed by atoms with Crippen molar-refractivity contribution in [1.29, 1.82) is 0 Å². The summed E-state index contributed by atoms with van der Waals surface area (Å²) in [4.78, 5) is 0. The van der Waals surface area contributed by atoms with E-state index in [4.69, 9.17) is 9.47 Å². The first kappa shape index (κ1) is 18.3. The van der Waals surface area contributed by atoms with E-state index in [0.29, 0.717) is 0 Å². The summed E-state index contributed by atoms with van der Waals surface area (Å²) in [6.07, 6.45) is 0. The van der Waals surface area contributed by atoms with E-state index < -0.39 is 18.4 Å². The van der Waals surface area contributed by atoms with E-state index in [1.807, 2.05) is 0 Å². The van der Waals surface area contributed by atoms with Crippen molar-refractivity contribution in [3.63, 3.8) is 0 Å². The fourth-order valence-corrected chi connectivity index (χ4v) is 19.4. The van der Waals surface area contributed by atoms with Crippen LogP contribution in [0.1, 0.15) is 0 Å². The maximum absolute atomic E-state index is 5.45. The first-order valence-electron chi connectivity index (χ1n) is 9.77. The van der Waals surface area contributed by atoms with Crippen LogP contribution < -0.4 is 23.8 Å². The van der Waals surface area contributed by atoms with Crippen molar-refractivity contribution in [3.05, 3.63) is 97.1 Å². The molecule has 0 amide bonds. The van der Waals surface area contributed by atoms with Crippen LogP contribution in [0.25, 0.3) is 11.1 Å². The molecule has 0 unspecified atom stereocenters. The molecule has 4 aromatic carbocycles. The van der Waals surface area contributed by atoms with Gasteiger partial charge in [-0.3, -0.25) is 0 Å². The Kier molecular flexibility index (Phi) is 4.59. The Bertz CT molecular complexity index is 1070. The number of rotatable bonds is 4. The van der Waals surface area contributed by atoms with Gasteiger partial charge in [-0.05, 0) is 0 Å². The minimum atomic E-state index is -3.45. The van der Waals surface area contributed by atoms with Crippen LogP contribution in [0.5, 0.6) is 11.5 Å². The fraction of sp³-hybridized carbons (Fsp3) is 0.0769. The van der Waals surface area contributed by atoms with Crippen LogP contribution in [0.4, 0.5) is 0 Å². The number of benzene rings is 4. The van der Waals surface area contributed by atoms with Crippen LogP contribution in [0, 0.1) is 0 Å². The Balaban J connectivity index is 1.88. The van der Waals surface area contributed by atoms with Gasteiger partial charge in [-0.2, -0.15) is 0 Å². The topological polar surface area (TPSA) is 18.5 Å². The molecule has 5 rings (SSSR count). The summed E-state index contributed by atoms with van der Waals surface area (Å²) in [6, 6.07) is 35.4. The van der Waals surface area contributed by atoms with E-state index in [0.717, 1.165) is 11.5 Å². The molecule has 0 radical (unpaired) electrons. The van der Waals surface area contributed by atoms with Crippen molar-refractivity contribution in [1.82, 2.24) is 0 Å². The summed E-state index contributed by atoms with van der Waals surface area (Å²) in [5, 5.41) is 0. The van der Waals surface area contributed by atoms with E-state index in [-0.39, 0.29) is 0 Å². The average Bonchev–Trinajstić information content (AvgIpc) is 3.11. The molecule has 0 fully saturated rings. The zero-order valence-corrected chi connectivity index (χ0v) is 19.4. The van der Waals surface area contributed by atoms with Gasteiger partial charge in [0.1, 0.15) is 0 Å². The van der Waals surface area contributed by atoms with Crippen LogP contribution in [-0.2, 0) is 0 Å². The molecule has 0 saturated carbocycles. The normalized spacial score (nSPS) is 13.4. The Morgan fingerprint density at radius 1 is 0.483 bits per heavy atom. The van der Waals surface area contributed by atoms with Gasteiger partial charge in [-0.15, -0.1) is 0 Å². The Morgan fingerprint density at radius 2 is 0.862 bits per heavy atom. The molecule has 0 N–H and O–H groups in total. The van der Waals surface area contributed by atoms with Gasteiger partial charge in [0.25, 0.3) is 0 Å². The number of ether oxygens (including phenoxy) is 2. The summed E-state index contributed by atoms with van der Waals surface area (Å²) in [6.45, 7) is 0. The number of methoxy groups -OCH3 is 2. The summed E-state index contributed by atoms with van der Waals surface area (Å²) < 4.78 is 16.8.